The molecule has 3 atom stereocenters. The van der Waals surface area contributed by atoms with Crippen molar-refractivity contribution < 1.29 is 33.4 Å². The molecule has 2 aromatic heterocycles. The Morgan fingerprint density at radius 1 is 0.927 bits per heavy atom. The van der Waals surface area contributed by atoms with Gasteiger partial charge in [0.15, 0.2) is 5.13 Å². The highest BCUT2D eigenvalue weighted by molar-refractivity contribution is 7.14. The number of ketones is 1. The largest absolute Gasteiger partial charge is 0.497 e. The quantitative estimate of drug-likeness (QED) is 0.233. The van der Waals surface area contributed by atoms with Gasteiger partial charge in [0.25, 0.3) is 5.91 Å². The van der Waals surface area contributed by atoms with E-state index >= 15 is 0 Å². The van der Waals surface area contributed by atoms with Crippen LogP contribution in [0.4, 0.5) is 5.13 Å². The minimum Gasteiger partial charge on any atom is -0.497 e. The first-order chi connectivity index (χ1) is 26.6. The summed E-state index contributed by atoms with van der Waals surface area (Å²) in [5, 5.41) is 15.1. The Kier molecular flexibility index (Phi) is 13.6. The van der Waals surface area contributed by atoms with Gasteiger partial charge in [0, 0.05) is 61.3 Å². The third kappa shape index (κ3) is 10.5. The first-order valence-electron chi connectivity index (χ1n) is 19.6. The number of nitrogens with zero attached hydrogens (tertiary/aromatic N) is 3. The topological polar surface area (TPSA) is 181 Å². The lowest BCUT2D eigenvalue weighted by atomic mass is 9.80. The molecule has 6 rings (SSSR count). The Bertz CT molecular complexity index is 1860. The molecule has 1 aliphatic carbocycles. The number of carbonyl (C=O) groups excluding carboxylic acids is 5. The van der Waals surface area contributed by atoms with E-state index in [-0.39, 0.29) is 56.3 Å². The van der Waals surface area contributed by atoms with Gasteiger partial charge in [-0.3, -0.25) is 24.0 Å². The molecule has 3 aliphatic rings. The molecule has 14 nitrogen and oxygen atoms in total. The number of aromatic nitrogens is 2. The highest BCUT2D eigenvalue weighted by atomic mass is 32.1. The molecule has 55 heavy (non-hydrogen) atoms. The zero-order valence-corrected chi connectivity index (χ0v) is 32.8. The molecule has 4 N–H and O–H groups in total. The molecule has 0 spiro atoms. The number of anilines is 1. The maximum absolute atomic E-state index is 14.2. The van der Waals surface area contributed by atoms with Gasteiger partial charge in [0.1, 0.15) is 29.3 Å². The van der Waals surface area contributed by atoms with Crippen molar-refractivity contribution in [1.82, 2.24) is 30.8 Å². The third-order valence-corrected chi connectivity index (χ3v) is 11.3. The number of fused-ring (bicyclic) bond motifs is 2. The van der Waals surface area contributed by atoms with E-state index in [1.807, 2.05) is 43.5 Å². The first kappa shape index (κ1) is 39.9. The van der Waals surface area contributed by atoms with Gasteiger partial charge in [-0.25, -0.2) is 9.97 Å². The fraction of sp³-hybridized carbons (Fsp3) is 0.575. The van der Waals surface area contributed by atoms with Gasteiger partial charge in [-0.1, -0.05) is 38.5 Å². The lowest BCUT2D eigenvalue weighted by Gasteiger charge is -2.31. The van der Waals surface area contributed by atoms with Crippen LogP contribution in [0.3, 0.4) is 0 Å². The Morgan fingerprint density at radius 3 is 2.44 bits per heavy atom. The molecule has 3 aromatic rings. The van der Waals surface area contributed by atoms with Crippen LogP contribution in [-0.2, 0) is 24.0 Å². The van der Waals surface area contributed by atoms with Crippen LogP contribution in [0.2, 0.25) is 0 Å². The number of hydrogen-bond acceptors (Lipinski definition) is 11. The molecule has 0 bridgehead atoms. The molecule has 2 saturated heterocycles. The lowest BCUT2D eigenvalue weighted by molar-refractivity contribution is -0.142. The lowest BCUT2D eigenvalue weighted by Crippen LogP contribution is -2.54. The van der Waals surface area contributed by atoms with Crippen LogP contribution >= 0.6 is 11.3 Å². The molecule has 1 unspecified atom stereocenters. The van der Waals surface area contributed by atoms with E-state index in [2.05, 4.69) is 21.3 Å². The van der Waals surface area contributed by atoms with Gasteiger partial charge in [0.05, 0.1) is 30.9 Å². The summed E-state index contributed by atoms with van der Waals surface area (Å²) in [5.41, 5.74) is 1.93. The maximum Gasteiger partial charge on any atom is 0.289 e. The summed E-state index contributed by atoms with van der Waals surface area (Å²) in [6.07, 6.45) is 7.41. The molecule has 2 aliphatic heterocycles. The number of methoxy groups -OCH3 is 1. The van der Waals surface area contributed by atoms with Crippen molar-refractivity contribution in [3.63, 3.8) is 0 Å². The number of Topliss-reactive ketones (excluding diaryl/α,β-unsaturated/α-hetero) is 1. The van der Waals surface area contributed by atoms with Gasteiger partial charge >= 0.3 is 0 Å². The number of hydrogen-bond donors (Lipinski definition) is 4. The Morgan fingerprint density at radius 2 is 1.69 bits per heavy atom. The van der Waals surface area contributed by atoms with E-state index in [9.17, 15) is 24.0 Å². The standard InChI is InChI=1S/C40H53N7O7S/c1-24(2)43-40-46-32(23-55-40)30-21-34(28-15-14-26(53-3)19-29(28)44-30)54-27-20-33-38(51)45-31(18-25-10-9-11-25)37(50)39(52)42-17-16-41-35(48)12-7-5-4-6-8-13-36(49)47(33)22-27/h14-15,19,21,23-25,27,31,33H,4-13,16-18,20,22H2,1-3H3,(H,41,48)(H,42,52)(H,43,46)(H,45,51)/t27-,31?,33+/m1/s1. The zero-order valence-electron chi connectivity index (χ0n) is 32.0. The molecule has 4 amide bonds. The Labute approximate surface area is 325 Å². The number of thiazole rings is 1. The highest BCUT2D eigenvalue weighted by Crippen LogP contribution is 2.36. The SMILES string of the molecule is COc1ccc2c(O[C@@H]3C[C@H]4C(=O)NC(CC5CCC5)C(=O)C(=O)NCCNC(=O)CCCCCCCC(=O)N4C3)cc(-c3csc(NC(C)C)n3)nc2c1. The average Bonchev–Trinajstić information content (AvgIpc) is 3.80. The van der Waals surface area contributed by atoms with Crippen LogP contribution in [0.15, 0.2) is 29.6 Å². The van der Waals surface area contributed by atoms with Gasteiger partial charge in [-0.05, 0) is 51.2 Å². The van der Waals surface area contributed by atoms with Gasteiger partial charge in [-0.15, -0.1) is 11.3 Å². The van der Waals surface area contributed by atoms with Crippen LogP contribution < -0.4 is 30.7 Å². The fourth-order valence-corrected chi connectivity index (χ4v) is 8.18. The summed E-state index contributed by atoms with van der Waals surface area (Å²) < 4.78 is 12.2. The number of nitrogens with one attached hydrogen (secondary N) is 4. The van der Waals surface area contributed by atoms with Crippen molar-refractivity contribution in [3.05, 3.63) is 29.6 Å². The molecule has 296 valence electrons. The molecule has 0 radical (unpaired) electrons. The van der Waals surface area contributed by atoms with E-state index < -0.39 is 35.8 Å². The van der Waals surface area contributed by atoms with Crippen molar-refractivity contribution in [3.8, 4) is 22.9 Å². The maximum atomic E-state index is 14.2. The second-order valence-corrected chi connectivity index (χ2v) is 16.0. The zero-order chi connectivity index (χ0) is 38.9. The molecule has 3 fully saturated rings. The molecule has 4 heterocycles. The number of carbonyl (C=O) groups is 5. The van der Waals surface area contributed by atoms with Gasteiger partial charge in [-0.2, -0.15) is 0 Å². The Balaban J connectivity index is 1.26. The molecular formula is C40H53N7O7S. The highest BCUT2D eigenvalue weighted by Gasteiger charge is 2.42. The van der Waals surface area contributed by atoms with Crippen LogP contribution in [0.25, 0.3) is 22.3 Å². The summed E-state index contributed by atoms with van der Waals surface area (Å²) in [6, 6.07) is 5.67. The predicted octanol–water partition coefficient (Wildman–Crippen LogP) is 4.76. The van der Waals surface area contributed by atoms with Crippen LogP contribution in [0.5, 0.6) is 11.5 Å². The van der Waals surface area contributed by atoms with Gasteiger partial charge < -0.3 is 35.6 Å². The second-order valence-electron chi connectivity index (χ2n) is 15.1. The number of pyridine rings is 1. The normalized spacial score (nSPS) is 22.7. The summed E-state index contributed by atoms with van der Waals surface area (Å²) in [5.74, 6) is -0.914. The second kappa shape index (κ2) is 18.7. The molecule has 1 aromatic carbocycles. The van der Waals surface area contributed by atoms with Crippen molar-refractivity contribution in [1.29, 1.82) is 0 Å². The number of amides is 4. The summed E-state index contributed by atoms with van der Waals surface area (Å²) in [6.45, 7) is 4.57. The van der Waals surface area contributed by atoms with E-state index in [0.717, 1.165) is 55.5 Å². The minimum atomic E-state index is -1.04. The van der Waals surface area contributed by atoms with Crippen molar-refractivity contribution in [2.24, 2.45) is 5.92 Å². The predicted molar refractivity (Wildman–Crippen MR) is 210 cm³/mol. The summed E-state index contributed by atoms with van der Waals surface area (Å²) in [7, 11) is 1.59. The number of ether oxygens (including phenoxy) is 2. The van der Waals surface area contributed by atoms with Crippen molar-refractivity contribution in [2.45, 2.75) is 115 Å². The number of rotatable bonds is 8. The summed E-state index contributed by atoms with van der Waals surface area (Å²) >= 11 is 1.49. The van der Waals surface area contributed by atoms with Gasteiger partial charge in [0.2, 0.25) is 23.5 Å². The average molecular weight is 776 g/mol. The van der Waals surface area contributed by atoms with E-state index in [1.165, 1.54) is 11.3 Å². The molecular weight excluding hydrogens is 723 g/mol. The minimum absolute atomic E-state index is 0.0982. The smallest absolute Gasteiger partial charge is 0.289 e. The molecule has 1 saturated carbocycles. The van der Waals surface area contributed by atoms with E-state index in [1.54, 1.807) is 12.0 Å². The Hall–Kier alpha value is -4.79. The summed E-state index contributed by atoms with van der Waals surface area (Å²) in [4.78, 5) is 78.0. The number of benzene rings is 1. The van der Waals surface area contributed by atoms with Crippen molar-refractivity contribution >= 4 is 56.8 Å². The van der Waals surface area contributed by atoms with Crippen LogP contribution in [0, 0.1) is 5.92 Å². The van der Waals surface area contributed by atoms with Crippen LogP contribution in [0.1, 0.15) is 90.9 Å². The fourth-order valence-electron chi connectivity index (χ4n) is 7.33. The van der Waals surface area contributed by atoms with E-state index in [0.29, 0.717) is 47.7 Å². The van der Waals surface area contributed by atoms with E-state index in [4.69, 9.17) is 19.4 Å². The van der Waals surface area contributed by atoms with Crippen LogP contribution in [-0.4, -0.2) is 95.3 Å². The third-order valence-electron chi connectivity index (χ3n) is 10.5. The van der Waals surface area contributed by atoms with Crippen molar-refractivity contribution in [2.75, 3.05) is 32.1 Å². The first-order valence-corrected chi connectivity index (χ1v) is 20.5. The molecule has 15 heteroatoms. The monoisotopic (exact) mass is 775 g/mol.